The highest BCUT2D eigenvalue weighted by molar-refractivity contribution is 5.85. The maximum absolute atomic E-state index is 13.0. The maximum Gasteiger partial charge on any atom is 0.249 e. The number of methoxy groups -OCH3 is 1. The van der Waals surface area contributed by atoms with E-state index < -0.39 is 0 Å². The normalized spacial score (nSPS) is 21.8. The molecule has 1 atom stereocenters. The smallest absolute Gasteiger partial charge is 0.249 e. The molecule has 0 N–H and O–H groups in total. The summed E-state index contributed by atoms with van der Waals surface area (Å²) in [4.78, 5) is 29.0. The molecule has 1 fully saturated rings. The van der Waals surface area contributed by atoms with Crippen molar-refractivity contribution < 1.29 is 19.1 Å². The number of aryl methyl sites for hydroxylation is 1. The lowest BCUT2D eigenvalue weighted by Crippen LogP contribution is -2.50. The van der Waals surface area contributed by atoms with Crippen LogP contribution in [0.2, 0.25) is 0 Å². The summed E-state index contributed by atoms with van der Waals surface area (Å²) in [6.07, 6.45) is 5.78. The molecule has 27 heavy (non-hydrogen) atoms. The van der Waals surface area contributed by atoms with E-state index in [0.29, 0.717) is 19.6 Å². The molecule has 0 radical (unpaired) electrons. The summed E-state index contributed by atoms with van der Waals surface area (Å²) >= 11 is 0. The van der Waals surface area contributed by atoms with Crippen molar-refractivity contribution in [3.8, 4) is 5.75 Å². The van der Waals surface area contributed by atoms with Crippen molar-refractivity contribution >= 4 is 11.8 Å². The van der Waals surface area contributed by atoms with Gasteiger partial charge in [-0.2, -0.15) is 0 Å². The van der Waals surface area contributed by atoms with Crippen molar-refractivity contribution in [1.82, 2.24) is 9.80 Å². The van der Waals surface area contributed by atoms with E-state index in [-0.39, 0.29) is 31.0 Å². The highest BCUT2D eigenvalue weighted by Crippen LogP contribution is 2.23. The van der Waals surface area contributed by atoms with Gasteiger partial charge in [-0.1, -0.05) is 12.1 Å². The van der Waals surface area contributed by atoms with Gasteiger partial charge in [-0.25, -0.2) is 0 Å². The number of fused-ring (bicyclic) bond motifs is 3. The summed E-state index contributed by atoms with van der Waals surface area (Å²) in [5, 5.41) is 0. The van der Waals surface area contributed by atoms with Gasteiger partial charge in [-0.05, 0) is 56.2 Å². The first-order valence-electron chi connectivity index (χ1n) is 9.95. The molecule has 1 unspecified atom stereocenters. The van der Waals surface area contributed by atoms with Gasteiger partial charge in [0.25, 0.3) is 0 Å². The zero-order valence-electron chi connectivity index (χ0n) is 16.2. The standard InChI is InChI=1S/C21H30N2O4/c1-26-16-21(25)22-11-5-13-27-19-8-4-6-17(14-19)9-10-18-7-2-3-12-23(18)20(24)15-22/h4,6,8,14,18H,2-3,5,7,9-13,15-16H2,1H3. The van der Waals surface area contributed by atoms with E-state index in [1.807, 2.05) is 17.0 Å². The van der Waals surface area contributed by atoms with Crippen molar-refractivity contribution in [1.29, 1.82) is 0 Å². The van der Waals surface area contributed by atoms with Crippen LogP contribution in [0.25, 0.3) is 0 Å². The minimum absolute atomic E-state index is 0.000386. The lowest BCUT2D eigenvalue weighted by atomic mass is 9.95. The first-order chi connectivity index (χ1) is 13.2. The van der Waals surface area contributed by atoms with Gasteiger partial charge in [0.2, 0.25) is 11.8 Å². The highest BCUT2D eigenvalue weighted by Gasteiger charge is 2.28. The van der Waals surface area contributed by atoms with Crippen LogP contribution in [0.15, 0.2) is 24.3 Å². The van der Waals surface area contributed by atoms with Crippen LogP contribution in [0.1, 0.15) is 37.7 Å². The molecule has 3 rings (SSSR count). The number of hydrogen-bond acceptors (Lipinski definition) is 4. The Morgan fingerprint density at radius 2 is 2.11 bits per heavy atom. The summed E-state index contributed by atoms with van der Waals surface area (Å²) < 4.78 is 10.8. The molecule has 0 aliphatic carbocycles. The molecule has 1 aromatic carbocycles. The average Bonchev–Trinajstić information content (AvgIpc) is 2.68. The Morgan fingerprint density at radius 3 is 2.96 bits per heavy atom. The van der Waals surface area contributed by atoms with Gasteiger partial charge in [0.05, 0.1) is 13.2 Å². The number of hydrogen-bond donors (Lipinski definition) is 0. The predicted octanol–water partition coefficient (Wildman–Crippen LogP) is 2.26. The Bertz CT molecular complexity index is 649. The molecule has 1 saturated heterocycles. The molecule has 6 heteroatoms. The van der Waals surface area contributed by atoms with E-state index in [1.165, 1.54) is 12.7 Å². The second-order valence-electron chi connectivity index (χ2n) is 7.37. The van der Waals surface area contributed by atoms with Gasteiger partial charge in [-0.3, -0.25) is 9.59 Å². The van der Waals surface area contributed by atoms with Crippen molar-refractivity contribution in [3.05, 3.63) is 29.8 Å². The van der Waals surface area contributed by atoms with E-state index in [1.54, 1.807) is 4.90 Å². The van der Waals surface area contributed by atoms with Crippen molar-refractivity contribution in [3.63, 3.8) is 0 Å². The van der Waals surface area contributed by atoms with Crippen LogP contribution in [0, 0.1) is 0 Å². The number of ether oxygens (including phenoxy) is 2. The molecule has 1 aromatic rings. The Kier molecular flexibility index (Phi) is 7.10. The van der Waals surface area contributed by atoms with E-state index >= 15 is 0 Å². The van der Waals surface area contributed by atoms with Gasteiger partial charge in [-0.15, -0.1) is 0 Å². The summed E-state index contributed by atoms with van der Waals surface area (Å²) in [5.41, 5.74) is 1.25. The lowest BCUT2D eigenvalue weighted by Gasteiger charge is -2.37. The zero-order chi connectivity index (χ0) is 19.1. The second-order valence-corrected chi connectivity index (χ2v) is 7.37. The van der Waals surface area contributed by atoms with Crippen molar-refractivity contribution in [2.75, 3.05) is 40.0 Å². The van der Waals surface area contributed by atoms with Gasteiger partial charge in [0, 0.05) is 26.2 Å². The molecule has 2 aliphatic rings. The minimum atomic E-state index is -0.145. The molecule has 148 valence electrons. The van der Waals surface area contributed by atoms with Gasteiger partial charge in [0.1, 0.15) is 12.4 Å². The van der Waals surface area contributed by atoms with Gasteiger partial charge >= 0.3 is 0 Å². The molecule has 2 aliphatic heterocycles. The minimum Gasteiger partial charge on any atom is -0.494 e. The lowest BCUT2D eigenvalue weighted by molar-refractivity contribution is -0.144. The highest BCUT2D eigenvalue weighted by atomic mass is 16.5. The number of rotatable bonds is 2. The summed E-state index contributed by atoms with van der Waals surface area (Å²) in [6.45, 7) is 1.93. The number of amides is 2. The number of carbonyl (C=O) groups excluding carboxylic acids is 2. The fourth-order valence-corrected chi connectivity index (χ4v) is 3.96. The molecule has 2 amide bonds. The molecular weight excluding hydrogens is 344 g/mol. The van der Waals surface area contributed by atoms with Crippen LogP contribution in [0.4, 0.5) is 0 Å². The molecular formula is C21H30N2O4. The zero-order valence-corrected chi connectivity index (χ0v) is 16.2. The van der Waals surface area contributed by atoms with Crippen LogP contribution < -0.4 is 4.74 Å². The molecule has 2 heterocycles. The Balaban J connectivity index is 1.78. The molecule has 0 spiro atoms. The fourth-order valence-electron chi connectivity index (χ4n) is 3.96. The average molecular weight is 374 g/mol. The first-order valence-corrected chi connectivity index (χ1v) is 9.95. The number of nitrogens with zero attached hydrogens (tertiary/aromatic N) is 2. The van der Waals surface area contributed by atoms with Crippen molar-refractivity contribution in [2.24, 2.45) is 0 Å². The van der Waals surface area contributed by atoms with Gasteiger partial charge in [0.15, 0.2) is 0 Å². The monoisotopic (exact) mass is 374 g/mol. The quantitative estimate of drug-likeness (QED) is 0.797. The van der Waals surface area contributed by atoms with E-state index in [0.717, 1.165) is 44.4 Å². The third-order valence-electron chi connectivity index (χ3n) is 5.40. The Labute approximate surface area is 161 Å². The van der Waals surface area contributed by atoms with E-state index in [9.17, 15) is 9.59 Å². The van der Waals surface area contributed by atoms with Gasteiger partial charge < -0.3 is 19.3 Å². The molecule has 2 bridgehead atoms. The Hall–Kier alpha value is -2.08. The number of carbonyl (C=O) groups is 2. The molecule has 0 aromatic heterocycles. The van der Waals surface area contributed by atoms with Crippen LogP contribution >= 0.6 is 0 Å². The molecule has 6 nitrogen and oxygen atoms in total. The third kappa shape index (κ3) is 5.45. The Morgan fingerprint density at radius 1 is 1.22 bits per heavy atom. The second kappa shape index (κ2) is 9.74. The maximum atomic E-state index is 13.0. The number of piperidine rings is 1. The summed E-state index contributed by atoms with van der Waals surface area (Å²) in [5.74, 6) is 0.778. The van der Waals surface area contributed by atoms with E-state index in [4.69, 9.17) is 9.47 Å². The topological polar surface area (TPSA) is 59.1 Å². The van der Waals surface area contributed by atoms with Crippen LogP contribution in [0.3, 0.4) is 0 Å². The third-order valence-corrected chi connectivity index (χ3v) is 5.40. The largest absolute Gasteiger partial charge is 0.494 e. The molecule has 0 saturated carbocycles. The SMILES string of the molecule is COCC(=O)N1CCCOc2cccc(c2)CCC2CCCCN2C(=O)C1. The van der Waals surface area contributed by atoms with Crippen LogP contribution in [-0.2, 0) is 20.7 Å². The van der Waals surface area contributed by atoms with Crippen LogP contribution in [-0.4, -0.2) is 67.6 Å². The van der Waals surface area contributed by atoms with E-state index in [2.05, 4.69) is 12.1 Å². The number of benzene rings is 1. The fraction of sp³-hybridized carbons (Fsp3) is 0.619. The first kappa shape index (κ1) is 19.7. The van der Waals surface area contributed by atoms with Crippen molar-refractivity contribution in [2.45, 2.75) is 44.6 Å². The van der Waals surface area contributed by atoms with Crippen LogP contribution in [0.5, 0.6) is 5.75 Å². The summed E-state index contributed by atoms with van der Waals surface area (Å²) in [7, 11) is 1.50. The predicted molar refractivity (Wildman–Crippen MR) is 103 cm³/mol. The summed E-state index contributed by atoms with van der Waals surface area (Å²) in [6, 6.07) is 8.46.